The van der Waals surface area contributed by atoms with Crippen LogP contribution in [0.2, 0.25) is 0 Å². The number of rotatable bonds is 5. The quantitative estimate of drug-likeness (QED) is 0.835. The number of aryl methyl sites for hydroxylation is 1. The molecule has 2 aromatic rings. The second kappa shape index (κ2) is 6.92. The molecule has 22 heavy (non-hydrogen) atoms. The molecule has 1 amide bonds. The first-order chi connectivity index (χ1) is 10.7. The molecule has 0 aliphatic carbocycles. The number of carbonyl (C=O) groups excluding carboxylic acids is 1. The number of hydrogen-bond donors (Lipinski definition) is 0. The maximum atomic E-state index is 11.6. The van der Waals surface area contributed by atoms with Crippen molar-refractivity contribution in [1.82, 2.24) is 9.47 Å². The summed E-state index contributed by atoms with van der Waals surface area (Å²) in [6.07, 6.45) is 2.71. The highest BCUT2D eigenvalue weighted by Gasteiger charge is 2.19. The normalized spacial score (nSPS) is 15.8. The van der Waals surface area contributed by atoms with E-state index >= 15 is 0 Å². The van der Waals surface area contributed by atoms with Gasteiger partial charge in [-0.1, -0.05) is 18.2 Å². The molecule has 0 spiro atoms. The van der Waals surface area contributed by atoms with Crippen molar-refractivity contribution >= 4 is 22.9 Å². The summed E-state index contributed by atoms with van der Waals surface area (Å²) >= 11 is 1.67. The van der Waals surface area contributed by atoms with Gasteiger partial charge in [0.1, 0.15) is 0 Å². The van der Waals surface area contributed by atoms with Gasteiger partial charge in [-0.15, -0.1) is 11.3 Å². The SMILES string of the molecule is Cc1csc(=Nc2ccccc2)n1CCCN1CCCC1=O. The molecule has 1 aromatic heterocycles. The monoisotopic (exact) mass is 315 g/mol. The van der Waals surface area contributed by atoms with Crippen molar-refractivity contribution in [3.05, 3.63) is 46.2 Å². The topological polar surface area (TPSA) is 37.6 Å². The zero-order valence-electron chi connectivity index (χ0n) is 12.9. The Morgan fingerprint density at radius 1 is 1.23 bits per heavy atom. The minimum Gasteiger partial charge on any atom is -0.343 e. The largest absolute Gasteiger partial charge is 0.343 e. The van der Waals surface area contributed by atoms with E-state index in [9.17, 15) is 4.79 Å². The van der Waals surface area contributed by atoms with Crippen LogP contribution < -0.4 is 4.80 Å². The van der Waals surface area contributed by atoms with E-state index in [4.69, 9.17) is 4.99 Å². The van der Waals surface area contributed by atoms with Crippen LogP contribution in [0.5, 0.6) is 0 Å². The van der Waals surface area contributed by atoms with Gasteiger partial charge in [0.15, 0.2) is 4.80 Å². The molecule has 0 atom stereocenters. The molecule has 5 heteroatoms. The molecule has 0 saturated carbocycles. The molecule has 0 bridgehead atoms. The van der Waals surface area contributed by atoms with Gasteiger partial charge in [0, 0.05) is 37.1 Å². The minimum absolute atomic E-state index is 0.307. The summed E-state index contributed by atoms with van der Waals surface area (Å²) in [4.78, 5) is 19.4. The molecule has 1 aliphatic heterocycles. The lowest BCUT2D eigenvalue weighted by atomic mass is 10.3. The zero-order valence-corrected chi connectivity index (χ0v) is 13.7. The molecule has 2 heterocycles. The van der Waals surface area contributed by atoms with Crippen molar-refractivity contribution in [2.24, 2.45) is 4.99 Å². The molecule has 4 nitrogen and oxygen atoms in total. The Hall–Kier alpha value is -1.88. The third-order valence-corrected chi connectivity index (χ3v) is 4.94. The molecule has 1 fully saturated rings. The Bertz CT molecular complexity index is 702. The maximum Gasteiger partial charge on any atom is 0.222 e. The Kier molecular flexibility index (Phi) is 4.73. The lowest BCUT2D eigenvalue weighted by Gasteiger charge is -2.15. The highest BCUT2D eigenvalue weighted by Crippen LogP contribution is 2.12. The van der Waals surface area contributed by atoms with Crippen molar-refractivity contribution in [3.63, 3.8) is 0 Å². The summed E-state index contributed by atoms with van der Waals surface area (Å²) < 4.78 is 2.25. The van der Waals surface area contributed by atoms with Crippen molar-refractivity contribution < 1.29 is 4.79 Å². The van der Waals surface area contributed by atoms with Gasteiger partial charge in [0.05, 0.1) is 5.69 Å². The number of hydrogen-bond acceptors (Lipinski definition) is 3. The van der Waals surface area contributed by atoms with Crippen LogP contribution in [-0.2, 0) is 11.3 Å². The molecular weight excluding hydrogens is 294 g/mol. The third-order valence-electron chi connectivity index (χ3n) is 3.95. The lowest BCUT2D eigenvalue weighted by molar-refractivity contribution is -0.127. The van der Waals surface area contributed by atoms with Gasteiger partial charge in [-0.3, -0.25) is 4.79 Å². The third kappa shape index (κ3) is 3.47. The average Bonchev–Trinajstić information content (AvgIpc) is 3.08. The van der Waals surface area contributed by atoms with Crippen LogP contribution in [-0.4, -0.2) is 28.5 Å². The molecule has 1 saturated heterocycles. The summed E-state index contributed by atoms with van der Waals surface area (Å²) in [5, 5.41) is 2.14. The number of para-hydroxylation sites is 1. The summed E-state index contributed by atoms with van der Waals surface area (Å²) in [7, 11) is 0. The molecule has 0 unspecified atom stereocenters. The lowest BCUT2D eigenvalue weighted by Crippen LogP contribution is -2.27. The fraction of sp³-hybridized carbons (Fsp3) is 0.412. The fourth-order valence-corrected chi connectivity index (χ4v) is 3.67. The summed E-state index contributed by atoms with van der Waals surface area (Å²) in [5.41, 5.74) is 2.21. The zero-order chi connectivity index (χ0) is 15.4. The smallest absolute Gasteiger partial charge is 0.222 e. The van der Waals surface area contributed by atoms with Crippen molar-refractivity contribution in [1.29, 1.82) is 0 Å². The number of likely N-dealkylation sites (tertiary alicyclic amines) is 1. The van der Waals surface area contributed by atoms with E-state index in [1.54, 1.807) is 11.3 Å². The van der Waals surface area contributed by atoms with Crippen molar-refractivity contribution in [2.75, 3.05) is 13.1 Å². The van der Waals surface area contributed by atoms with Gasteiger partial charge in [0.2, 0.25) is 5.91 Å². The minimum atomic E-state index is 0.307. The van der Waals surface area contributed by atoms with Crippen LogP contribution in [0.3, 0.4) is 0 Å². The van der Waals surface area contributed by atoms with Crippen LogP contribution in [0.4, 0.5) is 5.69 Å². The van der Waals surface area contributed by atoms with Crippen LogP contribution >= 0.6 is 11.3 Å². The maximum absolute atomic E-state index is 11.6. The van der Waals surface area contributed by atoms with E-state index < -0.39 is 0 Å². The van der Waals surface area contributed by atoms with E-state index in [0.717, 1.165) is 49.4 Å². The van der Waals surface area contributed by atoms with Crippen LogP contribution in [0.15, 0.2) is 40.7 Å². The van der Waals surface area contributed by atoms with E-state index in [0.29, 0.717) is 5.91 Å². The Labute approximate surface area is 134 Å². The molecule has 1 aromatic carbocycles. The molecule has 0 radical (unpaired) electrons. The van der Waals surface area contributed by atoms with Crippen LogP contribution in [0, 0.1) is 6.92 Å². The number of nitrogens with zero attached hydrogens (tertiary/aromatic N) is 3. The Morgan fingerprint density at radius 2 is 2.05 bits per heavy atom. The van der Waals surface area contributed by atoms with Crippen molar-refractivity contribution in [2.45, 2.75) is 32.7 Å². The van der Waals surface area contributed by atoms with E-state index in [1.807, 2.05) is 35.2 Å². The Balaban J connectivity index is 1.70. The average molecular weight is 315 g/mol. The van der Waals surface area contributed by atoms with Crippen LogP contribution in [0.25, 0.3) is 0 Å². The van der Waals surface area contributed by atoms with Gasteiger partial charge in [-0.25, -0.2) is 4.99 Å². The molecule has 1 aliphatic rings. The Morgan fingerprint density at radius 3 is 2.77 bits per heavy atom. The second-order valence-electron chi connectivity index (χ2n) is 5.60. The number of thiazole rings is 1. The van der Waals surface area contributed by atoms with Crippen LogP contribution in [0.1, 0.15) is 25.0 Å². The number of amides is 1. The van der Waals surface area contributed by atoms with Gasteiger partial charge >= 0.3 is 0 Å². The van der Waals surface area contributed by atoms with Gasteiger partial charge in [-0.05, 0) is 31.9 Å². The number of benzene rings is 1. The van der Waals surface area contributed by atoms with Gasteiger partial charge in [0.25, 0.3) is 0 Å². The predicted molar refractivity (Wildman–Crippen MR) is 89.1 cm³/mol. The summed E-state index contributed by atoms with van der Waals surface area (Å²) in [5.74, 6) is 0.307. The number of carbonyl (C=O) groups is 1. The van der Waals surface area contributed by atoms with Crippen molar-refractivity contribution in [3.8, 4) is 0 Å². The van der Waals surface area contributed by atoms with E-state index in [1.165, 1.54) is 5.69 Å². The standard InChI is InChI=1S/C17H21N3OS/c1-14-13-22-17(18-15-7-3-2-4-8-15)20(14)12-6-11-19-10-5-9-16(19)21/h2-4,7-8,13H,5-6,9-12H2,1H3. The molecular formula is C17H21N3OS. The summed E-state index contributed by atoms with van der Waals surface area (Å²) in [6.45, 7) is 4.80. The second-order valence-corrected chi connectivity index (χ2v) is 6.43. The van der Waals surface area contributed by atoms with Gasteiger partial charge in [-0.2, -0.15) is 0 Å². The first-order valence-corrected chi connectivity index (χ1v) is 8.64. The highest BCUT2D eigenvalue weighted by molar-refractivity contribution is 7.07. The fourth-order valence-electron chi connectivity index (χ4n) is 2.75. The first-order valence-electron chi connectivity index (χ1n) is 7.76. The molecule has 0 N–H and O–H groups in total. The molecule has 3 rings (SSSR count). The number of aromatic nitrogens is 1. The van der Waals surface area contributed by atoms with E-state index in [-0.39, 0.29) is 0 Å². The predicted octanol–water partition coefficient (Wildman–Crippen LogP) is 3.10. The first kappa shape index (κ1) is 15.0. The summed E-state index contributed by atoms with van der Waals surface area (Å²) in [6, 6.07) is 10.0. The highest BCUT2D eigenvalue weighted by atomic mass is 32.1. The van der Waals surface area contributed by atoms with Gasteiger partial charge < -0.3 is 9.47 Å². The van der Waals surface area contributed by atoms with E-state index in [2.05, 4.69) is 16.9 Å². The molecule has 116 valence electrons.